The summed E-state index contributed by atoms with van der Waals surface area (Å²) in [5, 5.41) is 6.88. The molecule has 2 heterocycles. The molecule has 1 aliphatic rings. The van der Waals surface area contributed by atoms with Crippen LogP contribution in [0.3, 0.4) is 0 Å². The first-order valence-corrected chi connectivity index (χ1v) is 9.89. The van der Waals surface area contributed by atoms with Crippen LogP contribution in [0.4, 0.5) is 0 Å². The molecule has 1 aromatic heterocycles. The third-order valence-corrected chi connectivity index (χ3v) is 5.29. The van der Waals surface area contributed by atoms with E-state index in [1.165, 1.54) is 18.4 Å². The van der Waals surface area contributed by atoms with Gasteiger partial charge in [-0.05, 0) is 49.5 Å². The first-order valence-electron chi connectivity index (χ1n) is 9.89. The molecule has 2 aromatic rings. The smallest absolute Gasteiger partial charge is 0.191 e. The zero-order valence-electron chi connectivity index (χ0n) is 16.4. The van der Waals surface area contributed by atoms with Crippen LogP contribution in [0.2, 0.25) is 0 Å². The summed E-state index contributed by atoms with van der Waals surface area (Å²) in [6.45, 7) is 6.17. The summed E-state index contributed by atoms with van der Waals surface area (Å²) in [7, 11) is 1.81. The van der Waals surface area contributed by atoms with E-state index >= 15 is 0 Å². The molecule has 0 spiro atoms. The Kier molecular flexibility index (Phi) is 7.22. The molecule has 0 saturated carbocycles. The van der Waals surface area contributed by atoms with Gasteiger partial charge in [0, 0.05) is 19.8 Å². The Labute approximate surface area is 162 Å². The van der Waals surface area contributed by atoms with Gasteiger partial charge in [-0.25, -0.2) is 0 Å². The van der Waals surface area contributed by atoms with Gasteiger partial charge in [0.05, 0.1) is 18.3 Å². The molecule has 5 nitrogen and oxygen atoms in total. The SMILES string of the molecule is CN=C(NCc1ccccn1)NCC(c1ccccc1)N1CCC(C)CC1. The van der Waals surface area contributed by atoms with Crippen LogP contribution in [0, 0.1) is 5.92 Å². The van der Waals surface area contributed by atoms with Crippen molar-refractivity contribution in [3.63, 3.8) is 0 Å². The lowest BCUT2D eigenvalue weighted by atomic mass is 9.95. The Morgan fingerprint density at radius 1 is 1.11 bits per heavy atom. The first kappa shape index (κ1) is 19.4. The first-order chi connectivity index (χ1) is 13.3. The molecule has 1 fully saturated rings. The molecule has 1 unspecified atom stereocenters. The summed E-state index contributed by atoms with van der Waals surface area (Å²) >= 11 is 0. The van der Waals surface area contributed by atoms with Gasteiger partial charge >= 0.3 is 0 Å². The molecule has 5 heteroatoms. The fourth-order valence-corrected chi connectivity index (χ4v) is 3.56. The number of benzene rings is 1. The quantitative estimate of drug-likeness (QED) is 0.610. The molecule has 0 amide bonds. The predicted molar refractivity (Wildman–Crippen MR) is 112 cm³/mol. The van der Waals surface area contributed by atoms with Crippen LogP contribution in [-0.4, -0.2) is 42.5 Å². The molecule has 27 heavy (non-hydrogen) atoms. The van der Waals surface area contributed by atoms with Gasteiger partial charge in [-0.15, -0.1) is 0 Å². The van der Waals surface area contributed by atoms with E-state index in [0.29, 0.717) is 12.6 Å². The monoisotopic (exact) mass is 365 g/mol. The number of nitrogens with zero attached hydrogens (tertiary/aromatic N) is 3. The number of aliphatic imine (C=N–C) groups is 1. The molecular formula is C22H31N5. The van der Waals surface area contributed by atoms with Crippen LogP contribution in [-0.2, 0) is 6.54 Å². The molecule has 1 atom stereocenters. The van der Waals surface area contributed by atoms with Gasteiger partial charge < -0.3 is 10.6 Å². The molecule has 0 aliphatic carbocycles. The largest absolute Gasteiger partial charge is 0.354 e. The van der Waals surface area contributed by atoms with Gasteiger partial charge in [0.25, 0.3) is 0 Å². The van der Waals surface area contributed by atoms with Crippen LogP contribution >= 0.6 is 0 Å². The number of hydrogen-bond acceptors (Lipinski definition) is 3. The maximum atomic E-state index is 4.37. The molecule has 1 aromatic carbocycles. The summed E-state index contributed by atoms with van der Waals surface area (Å²) in [6.07, 6.45) is 4.36. The van der Waals surface area contributed by atoms with E-state index in [0.717, 1.165) is 37.2 Å². The van der Waals surface area contributed by atoms with E-state index in [2.05, 4.69) is 62.8 Å². The zero-order valence-corrected chi connectivity index (χ0v) is 16.4. The Balaban J connectivity index is 1.61. The third-order valence-electron chi connectivity index (χ3n) is 5.29. The van der Waals surface area contributed by atoms with Gasteiger partial charge in [-0.1, -0.05) is 43.3 Å². The third kappa shape index (κ3) is 5.79. The van der Waals surface area contributed by atoms with Crippen molar-refractivity contribution < 1.29 is 0 Å². The van der Waals surface area contributed by atoms with Gasteiger partial charge in [0.15, 0.2) is 5.96 Å². The standard InChI is InChI=1S/C22H31N5/c1-18-11-14-27(15-12-18)21(19-8-4-3-5-9-19)17-26-22(23-2)25-16-20-10-6-7-13-24-20/h3-10,13,18,21H,11-12,14-17H2,1-2H3,(H2,23,25,26). The second-order valence-corrected chi connectivity index (χ2v) is 7.27. The number of piperidine rings is 1. The summed E-state index contributed by atoms with van der Waals surface area (Å²) in [5.41, 5.74) is 2.37. The number of likely N-dealkylation sites (tertiary alicyclic amines) is 1. The second kappa shape index (κ2) is 10.1. The van der Waals surface area contributed by atoms with Crippen molar-refractivity contribution in [2.45, 2.75) is 32.4 Å². The Morgan fingerprint density at radius 2 is 1.85 bits per heavy atom. The molecular weight excluding hydrogens is 334 g/mol. The molecule has 1 saturated heterocycles. The minimum Gasteiger partial charge on any atom is -0.354 e. The molecule has 1 aliphatic heterocycles. The molecule has 2 N–H and O–H groups in total. The van der Waals surface area contributed by atoms with Crippen molar-refractivity contribution in [3.8, 4) is 0 Å². The molecule has 3 rings (SSSR count). The normalized spacial score (nSPS) is 17.5. The van der Waals surface area contributed by atoms with Crippen LogP contribution < -0.4 is 10.6 Å². The maximum absolute atomic E-state index is 4.37. The lowest BCUT2D eigenvalue weighted by Gasteiger charge is -2.37. The van der Waals surface area contributed by atoms with E-state index < -0.39 is 0 Å². The van der Waals surface area contributed by atoms with Crippen LogP contribution in [0.25, 0.3) is 0 Å². The summed E-state index contributed by atoms with van der Waals surface area (Å²) in [6, 6.07) is 17.1. The second-order valence-electron chi connectivity index (χ2n) is 7.27. The highest BCUT2D eigenvalue weighted by Crippen LogP contribution is 2.26. The molecule has 144 valence electrons. The fraction of sp³-hybridized carbons (Fsp3) is 0.455. The van der Waals surface area contributed by atoms with Crippen molar-refractivity contribution >= 4 is 5.96 Å². The molecule has 0 radical (unpaired) electrons. The number of hydrogen-bond donors (Lipinski definition) is 2. The average molecular weight is 366 g/mol. The number of guanidine groups is 1. The number of nitrogens with one attached hydrogen (secondary N) is 2. The van der Waals surface area contributed by atoms with E-state index in [4.69, 9.17) is 0 Å². The molecule has 0 bridgehead atoms. The van der Waals surface area contributed by atoms with Gasteiger partial charge in [0.2, 0.25) is 0 Å². The van der Waals surface area contributed by atoms with Gasteiger partial charge in [0.1, 0.15) is 0 Å². The average Bonchev–Trinajstić information content (AvgIpc) is 2.73. The maximum Gasteiger partial charge on any atom is 0.191 e. The minimum absolute atomic E-state index is 0.354. The number of aromatic nitrogens is 1. The van der Waals surface area contributed by atoms with E-state index in [-0.39, 0.29) is 0 Å². The van der Waals surface area contributed by atoms with Crippen molar-refractivity contribution in [3.05, 3.63) is 66.0 Å². The van der Waals surface area contributed by atoms with Crippen LogP contribution in [0.1, 0.15) is 37.1 Å². The highest BCUT2D eigenvalue weighted by Gasteiger charge is 2.24. The summed E-state index contributed by atoms with van der Waals surface area (Å²) in [5.74, 6) is 1.64. The van der Waals surface area contributed by atoms with Crippen molar-refractivity contribution in [2.75, 3.05) is 26.7 Å². The Morgan fingerprint density at radius 3 is 2.52 bits per heavy atom. The van der Waals surface area contributed by atoms with E-state index in [1.807, 2.05) is 31.4 Å². The highest BCUT2D eigenvalue weighted by molar-refractivity contribution is 5.79. The lowest BCUT2D eigenvalue weighted by molar-refractivity contribution is 0.138. The van der Waals surface area contributed by atoms with Crippen LogP contribution in [0.5, 0.6) is 0 Å². The van der Waals surface area contributed by atoms with Crippen molar-refractivity contribution in [1.82, 2.24) is 20.5 Å². The predicted octanol–water partition coefficient (Wildman–Crippen LogP) is 3.22. The Hall–Kier alpha value is -2.40. The van der Waals surface area contributed by atoms with Gasteiger partial charge in [-0.3, -0.25) is 14.9 Å². The van der Waals surface area contributed by atoms with Crippen molar-refractivity contribution in [2.24, 2.45) is 10.9 Å². The van der Waals surface area contributed by atoms with Crippen molar-refractivity contribution in [1.29, 1.82) is 0 Å². The minimum atomic E-state index is 0.354. The zero-order chi connectivity index (χ0) is 18.9. The summed E-state index contributed by atoms with van der Waals surface area (Å²) in [4.78, 5) is 11.3. The van der Waals surface area contributed by atoms with E-state index in [9.17, 15) is 0 Å². The van der Waals surface area contributed by atoms with Gasteiger partial charge in [-0.2, -0.15) is 0 Å². The van der Waals surface area contributed by atoms with Crippen LogP contribution in [0.15, 0.2) is 59.7 Å². The fourth-order valence-electron chi connectivity index (χ4n) is 3.56. The Bertz CT molecular complexity index is 693. The summed E-state index contributed by atoms with van der Waals surface area (Å²) < 4.78 is 0. The topological polar surface area (TPSA) is 52.6 Å². The van der Waals surface area contributed by atoms with E-state index in [1.54, 1.807) is 0 Å². The number of rotatable bonds is 6. The number of pyridine rings is 1. The lowest BCUT2D eigenvalue weighted by Crippen LogP contribution is -2.45. The highest BCUT2D eigenvalue weighted by atomic mass is 15.2.